The number of nitrogens with zero attached hydrogens (tertiary/aromatic N) is 2. The molecule has 0 fully saturated rings. The van der Waals surface area contributed by atoms with Crippen LogP contribution in [0.1, 0.15) is 35.5 Å². The molecule has 2 aromatic carbocycles. The maximum Gasteiger partial charge on any atom is 0.277 e. The van der Waals surface area contributed by atoms with Gasteiger partial charge in [0.25, 0.3) is 5.51 Å². The standard InChI is InChI=1S/C25H26N4O3S/c1-2-29-22(12-13-28-29)25(30)27-16-21-15-26-17-33(21)32-20-9-11-24-19(14-20)8-10-23(31-24)18-6-4-3-5-7-18/h3-7,9,11-15,17,22-23,28H,2,8,10,16H2,1H3/p+1. The lowest BCUT2D eigenvalue weighted by Gasteiger charge is -2.26. The number of aryl methyl sites for hydroxylation is 1. The number of hydrazine groups is 1. The number of aromatic nitrogens is 1. The van der Waals surface area contributed by atoms with Crippen molar-refractivity contribution in [1.82, 2.24) is 20.7 Å². The number of carbonyl (C=O) groups excluding carboxylic acids is 1. The normalized spacial score (nSPS) is 20.0. The summed E-state index contributed by atoms with van der Waals surface area (Å²) in [5, 5.41) is 4.88. The molecule has 0 radical (unpaired) electrons. The first-order valence-electron chi connectivity index (χ1n) is 11.2. The summed E-state index contributed by atoms with van der Waals surface area (Å²) in [6.07, 6.45) is 7.37. The fraction of sp³-hybridized carbons (Fsp3) is 0.280. The molecule has 3 unspecified atom stereocenters. The highest BCUT2D eigenvalue weighted by molar-refractivity contribution is 7.25. The van der Waals surface area contributed by atoms with Crippen LogP contribution in [-0.4, -0.2) is 28.5 Å². The third-order valence-electron chi connectivity index (χ3n) is 5.87. The molecule has 33 heavy (non-hydrogen) atoms. The first kappa shape index (κ1) is 21.5. The van der Waals surface area contributed by atoms with Crippen LogP contribution >= 0.6 is 10.8 Å². The molecule has 2 aliphatic rings. The average Bonchev–Trinajstić information content (AvgIpc) is 3.52. The lowest BCUT2D eigenvalue weighted by atomic mass is 9.97. The quantitative estimate of drug-likeness (QED) is 0.515. The van der Waals surface area contributed by atoms with Crippen LogP contribution in [0.15, 0.2) is 72.5 Å². The molecule has 1 amide bonds. The highest BCUT2D eigenvalue weighted by atomic mass is 32.2. The Hall–Kier alpha value is -3.36. The van der Waals surface area contributed by atoms with Gasteiger partial charge in [0.2, 0.25) is 21.5 Å². The summed E-state index contributed by atoms with van der Waals surface area (Å²) < 4.78 is 12.5. The van der Waals surface area contributed by atoms with Crippen LogP contribution in [0.4, 0.5) is 0 Å². The van der Waals surface area contributed by atoms with E-state index in [-0.39, 0.29) is 18.1 Å². The topological polar surface area (TPSA) is 75.7 Å². The highest BCUT2D eigenvalue weighted by Crippen LogP contribution is 2.38. The number of likely N-dealkylation sites (N-methyl/N-ethyl adjacent to an activating group) is 1. The van der Waals surface area contributed by atoms with E-state index in [0.29, 0.717) is 6.54 Å². The molecular weight excluding hydrogens is 436 g/mol. The number of benzene rings is 2. The third kappa shape index (κ3) is 4.72. The lowest BCUT2D eigenvalue weighted by molar-refractivity contribution is -0.125. The molecular formula is C25H27N4O3S+. The number of carbonyl (C=O) groups is 1. The van der Waals surface area contributed by atoms with Gasteiger partial charge in [-0.05, 0) is 48.2 Å². The maximum absolute atomic E-state index is 12.6. The number of thiazole rings is 1. The fourth-order valence-corrected chi connectivity index (χ4v) is 5.26. The van der Waals surface area contributed by atoms with E-state index in [4.69, 9.17) is 8.92 Å². The van der Waals surface area contributed by atoms with Crippen molar-refractivity contribution >= 4 is 16.7 Å². The SMILES string of the molecule is CCN1NC=CC1C(=O)NCc1cnc[s+]1Oc1ccc2c(c1)CCC(c1ccccc1)O2. The van der Waals surface area contributed by atoms with Crippen LogP contribution in [0.2, 0.25) is 0 Å². The molecule has 7 nitrogen and oxygen atoms in total. The largest absolute Gasteiger partial charge is 0.485 e. The van der Waals surface area contributed by atoms with Crippen molar-refractivity contribution in [1.29, 1.82) is 0 Å². The van der Waals surface area contributed by atoms with E-state index in [1.165, 1.54) is 5.56 Å². The van der Waals surface area contributed by atoms with Crippen molar-refractivity contribution < 1.29 is 13.7 Å². The van der Waals surface area contributed by atoms with Gasteiger partial charge in [-0.3, -0.25) is 8.98 Å². The fourth-order valence-electron chi connectivity index (χ4n) is 4.11. The molecule has 0 saturated carbocycles. The zero-order valence-electron chi connectivity index (χ0n) is 18.4. The highest BCUT2D eigenvalue weighted by Gasteiger charge is 2.27. The van der Waals surface area contributed by atoms with Gasteiger partial charge in [-0.15, -0.1) is 0 Å². The van der Waals surface area contributed by atoms with Gasteiger partial charge in [-0.2, -0.15) is 0 Å². The Balaban J connectivity index is 1.22. The number of hydrogen-bond donors (Lipinski definition) is 2. The van der Waals surface area contributed by atoms with Crippen LogP contribution in [0.25, 0.3) is 0 Å². The molecule has 2 aliphatic heterocycles. The molecule has 5 rings (SSSR count). The summed E-state index contributed by atoms with van der Waals surface area (Å²) in [5.41, 5.74) is 7.21. The van der Waals surface area contributed by atoms with Gasteiger partial charge in [-0.25, -0.2) is 9.99 Å². The Kier molecular flexibility index (Phi) is 6.28. The summed E-state index contributed by atoms with van der Waals surface area (Å²) in [4.78, 5) is 17.8. The molecule has 2 N–H and O–H groups in total. The van der Waals surface area contributed by atoms with Crippen LogP contribution in [0, 0.1) is 0 Å². The molecule has 3 heterocycles. The van der Waals surface area contributed by atoms with Gasteiger partial charge in [0.15, 0.2) is 5.75 Å². The van der Waals surface area contributed by atoms with Crippen LogP contribution < -0.4 is 19.7 Å². The maximum atomic E-state index is 12.6. The number of nitrogens with one attached hydrogen (secondary N) is 2. The third-order valence-corrected chi connectivity index (χ3v) is 7.32. The molecule has 1 aromatic heterocycles. The predicted molar refractivity (Wildman–Crippen MR) is 128 cm³/mol. The second-order valence-corrected chi connectivity index (χ2v) is 9.49. The number of rotatable bonds is 7. The van der Waals surface area contributed by atoms with Gasteiger partial charge in [0, 0.05) is 12.7 Å². The average molecular weight is 464 g/mol. The summed E-state index contributed by atoms with van der Waals surface area (Å²) in [6, 6.07) is 16.0. The first-order chi connectivity index (χ1) is 16.2. The number of fused-ring (bicyclic) bond motifs is 1. The van der Waals surface area contributed by atoms with Crippen LogP contribution in [0.5, 0.6) is 11.5 Å². The second-order valence-electron chi connectivity index (χ2n) is 7.99. The van der Waals surface area contributed by atoms with Gasteiger partial charge in [0.05, 0.1) is 12.7 Å². The Morgan fingerprint density at radius 2 is 2.18 bits per heavy atom. The molecule has 0 aliphatic carbocycles. The molecule has 0 spiro atoms. The van der Waals surface area contributed by atoms with Crippen molar-refractivity contribution in [2.75, 3.05) is 6.54 Å². The summed E-state index contributed by atoms with van der Waals surface area (Å²) in [5.74, 6) is 1.64. The van der Waals surface area contributed by atoms with E-state index in [9.17, 15) is 4.79 Å². The van der Waals surface area contributed by atoms with E-state index in [1.807, 2.05) is 48.3 Å². The molecule has 170 valence electrons. The van der Waals surface area contributed by atoms with Crippen molar-refractivity contribution in [2.24, 2.45) is 0 Å². The van der Waals surface area contributed by atoms with Crippen molar-refractivity contribution in [3.63, 3.8) is 0 Å². The second kappa shape index (κ2) is 9.64. The Morgan fingerprint density at radius 1 is 1.30 bits per heavy atom. The number of amides is 1. The van der Waals surface area contributed by atoms with Crippen LogP contribution in [-0.2, 0) is 17.8 Å². The van der Waals surface area contributed by atoms with Gasteiger partial charge in [-0.1, -0.05) is 37.3 Å². The van der Waals surface area contributed by atoms with Crippen molar-refractivity contribution in [3.05, 3.63) is 88.5 Å². The van der Waals surface area contributed by atoms with E-state index < -0.39 is 10.8 Å². The van der Waals surface area contributed by atoms with E-state index in [0.717, 1.165) is 41.3 Å². The molecule has 0 saturated heterocycles. The summed E-state index contributed by atoms with van der Waals surface area (Å²) in [6.45, 7) is 3.14. The van der Waals surface area contributed by atoms with Crippen LogP contribution in [0.3, 0.4) is 0 Å². The first-order valence-corrected chi connectivity index (χ1v) is 12.4. The van der Waals surface area contributed by atoms with E-state index in [2.05, 4.69) is 33.9 Å². The smallest absolute Gasteiger partial charge is 0.277 e. The van der Waals surface area contributed by atoms with E-state index >= 15 is 0 Å². The Morgan fingerprint density at radius 3 is 3.03 bits per heavy atom. The van der Waals surface area contributed by atoms with Crippen molar-refractivity contribution in [3.8, 4) is 11.5 Å². The summed E-state index contributed by atoms with van der Waals surface area (Å²) >= 11 is 0. The van der Waals surface area contributed by atoms with Gasteiger partial charge >= 0.3 is 0 Å². The van der Waals surface area contributed by atoms with Crippen molar-refractivity contribution in [2.45, 2.75) is 38.5 Å². The van der Waals surface area contributed by atoms with Gasteiger partial charge < -0.3 is 15.5 Å². The minimum Gasteiger partial charge on any atom is -0.485 e. The molecule has 3 atom stereocenters. The molecule has 8 heteroatoms. The summed E-state index contributed by atoms with van der Waals surface area (Å²) in [7, 11) is -0.615. The zero-order chi connectivity index (χ0) is 22.6. The zero-order valence-corrected chi connectivity index (χ0v) is 19.3. The molecule has 0 bridgehead atoms. The predicted octanol–water partition coefficient (Wildman–Crippen LogP) is 4.08. The lowest BCUT2D eigenvalue weighted by Crippen LogP contribution is -2.46. The molecule has 3 aromatic rings. The minimum atomic E-state index is -0.615. The Labute approximate surface area is 196 Å². The Bertz CT molecular complexity index is 1150. The number of hydrogen-bond acceptors (Lipinski definition) is 6. The number of ether oxygens (including phenoxy) is 1. The van der Waals surface area contributed by atoms with E-state index in [1.54, 1.807) is 17.9 Å². The minimum absolute atomic E-state index is 0.0478. The van der Waals surface area contributed by atoms with Gasteiger partial charge in [0.1, 0.15) is 17.9 Å². The monoisotopic (exact) mass is 463 g/mol.